The largest absolute Gasteiger partial charge is 0.295 e. The average molecular weight is 235 g/mol. The molecule has 0 heterocycles. The van der Waals surface area contributed by atoms with Gasteiger partial charge in [0.15, 0.2) is 5.78 Å². The maximum absolute atomic E-state index is 12.0. The molecule has 1 aliphatic rings. The van der Waals surface area contributed by atoms with Crippen molar-refractivity contribution in [2.75, 3.05) is 0 Å². The van der Waals surface area contributed by atoms with Crippen molar-refractivity contribution in [3.8, 4) is 0 Å². The molecule has 0 aromatic rings. The molecule has 0 N–H and O–H groups in total. The van der Waals surface area contributed by atoms with Crippen LogP contribution in [0, 0.1) is 0 Å². The molecular weight excluding hydrogens is 210 g/mol. The monoisotopic (exact) mass is 235 g/mol. The zero-order chi connectivity index (χ0) is 12.9. The van der Waals surface area contributed by atoms with Gasteiger partial charge in [0.25, 0.3) is 0 Å². The zero-order valence-electron chi connectivity index (χ0n) is 11.7. The Kier molecular flexibility index (Phi) is 5.10. The second-order valence-electron chi connectivity index (χ2n) is 5.88. The third kappa shape index (κ3) is 5.81. The van der Waals surface area contributed by atoms with E-state index in [0.29, 0.717) is 6.42 Å². The van der Waals surface area contributed by atoms with Gasteiger partial charge in [-0.2, -0.15) is 0 Å². The molecule has 1 rings (SSSR count). The van der Waals surface area contributed by atoms with Gasteiger partial charge in [-0.05, 0) is 59.5 Å². The molecule has 2 heteroatoms. The zero-order valence-corrected chi connectivity index (χ0v) is 11.7. The Morgan fingerprint density at radius 1 is 1.24 bits per heavy atom. The molecule has 2 nitrogen and oxygen atoms in total. The Bertz CT molecular complexity index is 325. The number of rotatable bonds is 4. The molecule has 0 unspecified atom stereocenters. The van der Waals surface area contributed by atoms with E-state index in [2.05, 4.69) is 4.99 Å². The van der Waals surface area contributed by atoms with E-state index in [0.717, 1.165) is 18.6 Å². The van der Waals surface area contributed by atoms with Crippen LogP contribution in [0.15, 0.2) is 16.6 Å². The van der Waals surface area contributed by atoms with E-state index in [1.165, 1.54) is 24.8 Å². The molecule has 0 saturated heterocycles. The Morgan fingerprint density at radius 3 is 2.35 bits per heavy atom. The van der Waals surface area contributed by atoms with Crippen molar-refractivity contribution >= 4 is 11.5 Å². The highest BCUT2D eigenvalue weighted by Gasteiger charge is 2.20. The number of carbonyl (C=O) groups is 1. The highest BCUT2D eigenvalue weighted by Crippen LogP contribution is 2.24. The summed E-state index contributed by atoms with van der Waals surface area (Å²) in [7, 11) is 0. The van der Waals surface area contributed by atoms with Crippen molar-refractivity contribution in [3.63, 3.8) is 0 Å². The summed E-state index contributed by atoms with van der Waals surface area (Å²) in [6, 6.07) is 0. The minimum atomic E-state index is -0.262. The number of carbonyl (C=O) groups excluding carboxylic acids is 1. The van der Waals surface area contributed by atoms with Crippen molar-refractivity contribution in [2.24, 2.45) is 4.99 Å². The van der Waals surface area contributed by atoms with Crippen molar-refractivity contribution in [1.29, 1.82) is 0 Å². The second-order valence-corrected chi connectivity index (χ2v) is 5.88. The van der Waals surface area contributed by atoms with E-state index in [1.54, 1.807) is 0 Å². The van der Waals surface area contributed by atoms with Gasteiger partial charge in [-0.25, -0.2) is 0 Å². The number of hydrogen-bond acceptors (Lipinski definition) is 2. The van der Waals surface area contributed by atoms with Crippen molar-refractivity contribution in [3.05, 3.63) is 11.6 Å². The number of nitrogens with zero attached hydrogens (tertiary/aromatic N) is 1. The summed E-state index contributed by atoms with van der Waals surface area (Å²) in [4.78, 5) is 16.5. The first kappa shape index (κ1) is 14.1. The van der Waals surface area contributed by atoms with Gasteiger partial charge in [0.1, 0.15) is 0 Å². The molecule has 1 saturated carbocycles. The Balaban J connectivity index is 2.56. The molecule has 0 aromatic heterocycles. The first-order chi connectivity index (χ1) is 7.89. The van der Waals surface area contributed by atoms with Crippen LogP contribution in [-0.4, -0.2) is 17.0 Å². The molecule has 0 bridgehead atoms. The van der Waals surface area contributed by atoms with Crippen molar-refractivity contribution in [1.82, 2.24) is 0 Å². The summed E-state index contributed by atoms with van der Waals surface area (Å²) in [6.07, 6.45) is 8.42. The van der Waals surface area contributed by atoms with Crippen LogP contribution in [0.4, 0.5) is 0 Å². The molecule has 0 atom stereocenters. The molecule has 0 spiro atoms. The lowest BCUT2D eigenvalue weighted by molar-refractivity contribution is -0.115. The quantitative estimate of drug-likeness (QED) is 0.533. The maximum atomic E-state index is 12.0. The second kappa shape index (κ2) is 6.13. The minimum absolute atomic E-state index is 0.233. The highest BCUT2D eigenvalue weighted by atomic mass is 16.1. The standard InChI is InChI=1S/C15H25NO/c1-12(2)16-15(3,4)11-14(17)10-13-8-6-5-7-9-13/h10H,5-9,11H2,1-4H3. The summed E-state index contributed by atoms with van der Waals surface area (Å²) in [6.45, 7) is 8.01. The number of aliphatic imine (C=N–C) groups is 1. The Hall–Kier alpha value is -0.920. The molecule has 1 fully saturated rings. The van der Waals surface area contributed by atoms with Crippen LogP contribution < -0.4 is 0 Å². The normalized spacial score (nSPS) is 16.6. The lowest BCUT2D eigenvalue weighted by atomic mass is 9.91. The smallest absolute Gasteiger partial charge is 0.158 e. The minimum Gasteiger partial charge on any atom is -0.295 e. The van der Waals surface area contributed by atoms with E-state index in [4.69, 9.17) is 0 Å². The summed E-state index contributed by atoms with van der Waals surface area (Å²) < 4.78 is 0. The molecular formula is C15H25NO. The lowest BCUT2D eigenvalue weighted by Gasteiger charge is -2.19. The third-order valence-electron chi connectivity index (χ3n) is 2.99. The topological polar surface area (TPSA) is 29.4 Å². The lowest BCUT2D eigenvalue weighted by Crippen LogP contribution is -2.22. The predicted octanol–water partition coefficient (Wildman–Crippen LogP) is 4.10. The molecule has 0 amide bonds. The van der Waals surface area contributed by atoms with Gasteiger partial charge >= 0.3 is 0 Å². The fourth-order valence-corrected chi connectivity index (χ4v) is 2.50. The maximum Gasteiger partial charge on any atom is 0.158 e. The van der Waals surface area contributed by atoms with Crippen LogP contribution in [0.25, 0.3) is 0 Å². The van der Waals surface area contributed by atoms with Crippen LogP contribution >= 0.6 is 0 Å². The van der Waals surface area contributed by atoms with Crippen LogP contribution in [0.2, 0.25) is 0 Å². The fourth-order valence-electron chi connectivity index (χ4n) is 2.50. The molecule has 0 radical (unpaired) electrons. The predicted molar refractivity (Wildman–Crippen MR) is 73.7 cm³/mol. The van der Waals surface area contributed by atoms with Crippen LogP contribution in [-0.2, 0) is 4.79 Å². The van der Waals surface area contributed by atoms with Gasteiger partial charge < -0.3 is 0 Å². The number of allylic oxidation sites excluding steroid dienone is 2. The summed E-state index contributed by atoms with van der Waals surface area (Å²) in [5, 5.41) is 0. The van der Waals surface area contributed by atoms with Crippen LogP contribution in [0.1, 0.15) is 66.2 Å². The average Bonchev–Trinajstić information content (AvgIpc) is 2.15. The van der Waals surface area contributed by atoms with Crippen LogP contribution in [0.5, 0.6) is 0 Å². The van der Waals surface area contributed by atoms with Gasteiger partial charge in [0, 0.05) is 12.1 Å². The van der Waals surface area contributed by atoms with E-state index in [-0.39, 0.29) is 11.3 Å². The Morgan fingerprint density at radius 2 is 1.82 bits per heavy atom. The number of ketones is 1. The van der Waals surface area contributed by atoms with Crippen molar-refractivity contribution in [2.45, 2.75) is 71.8 Å². The van der Waals surface area contributed by atoms with Crippen molar-refractivity contribution < 1.29 is 4.79 Å². The molecule has 17 heavy (non-hydrogen) atoms. The van der Waals surface area contributed by atoms with E-state index in [1.807, 2.05) is 33.8 Å². The van der Waals surface area contributed by atoms with Gasteiger partial charge in [-0.3, -0.25) is 9.79 Å². The van der Waals surface area contributed by atoms with Gasteiger partial charge in [-0.1, -0.05) is 12.0 Å². The van der Waals surface area contributed by atoms with Gasteiger partial charge in [0.05, 0.1) is 5.54 Å². The molecule has 0 aliphatic heterocycles. The fraction of sp³-hybridized carbons (Fsp3) is 0.733. The molecule has 96 valence electrons. The Labute approximate surface area is 105 Å². The molecule has 1 aliphatic carbocycles. The van der Waals surface area contributed by atoms with Gasteiger partial charge in [-0.15, -0.1) is 0 Å². The van der Waals surface area contributed by atoms with Crippen LogP contribution in [0.3, 0.4) is 0 Å². The summed E-state index contributed by atoms with van der Waals surface area (Å²) in [5.41, 5.74) is 2.11. The van der Waals surface area contributed by atoms with E-state index >= 15 is 0 Å². The summed E-state index contributed by atoms with van der Waals surface area (Å²) >= 11 is 0. The third-order valence-corrected chi connectivity index (χ3v) is 2.99. The molecule has 0 aromatic carbocycles. The first-order valence-electron chi connectivity index (χ1n) is 6.64. The van der Waals surface area contributed by atoms with E-state index < -0.39 is 0 Å². The van der Waals surface area contributed by atoms with Gasteiger partial charge in [0.2, 0.25) is 0 Å². The highest BCUT2D eigenvalue weighted by molar-refractivity contribution is 5.91. The SMILES string of the molecule is CC(C)=NC(C)(C)CC(=O)C=C1CCCCC1. The number of hydrogen-bond donors (Lipinski definition) is 0. The van der Waals surface area contributed by atoms with E-state index in [9.17, 15) is 4.79 Å². The summed E-state index contributed by atoms with van der Waals surface area (Å²) in [5.74, 6) is 0.233. The first-order valence-corrected chi connectivity index (χ1v) is 6.64.